The van der Waals surface area contributed by atoms with E-state index in [0.717, 1.165) is 29.5 Å². The van der Waals surface area contributed by atoms with Crippen LogP contribution < -0.4 is 10.2 Å². The number of benzene rings is 2. The number of ether oxygens (including phenoxy) is 3. The third-order valence-electron chi connectivity index (χ3n) is 8.94. The van der Waals surface area contributed by atoms with E-state index >= 15 is 0 Å². The van der Waals surface area contributed by atoms with Gasteiger partial charge in [0.2, 0.25) is 0 Å². The lowest BCUT2D eigenvalue weighted by molar-refractivity contribution is 0.0192. The van der Waals surface area contributed by atoms with Crippen molar-refractivity contribution >= 4 is 32.2 Å². The van der Waals surface area contributed by atoms with Crippen molar-refractivity contribution in [1.29, 1.82) is 0 Å². The van der Waals surface area contributed by atoms with Crippen LogP contribution in [0.3, 0.4) is 0 Å². The summed E-state index contributed by atoms with van der Waals surface area (Å²) in [6.07, 6.45) is 2.09. The van der Waals surface area contributed by atoms with E-state index in [1.54, 1.807) is 12.1 Å². The molecule has 0 saturated carbocycles. The highest BCUT2D eigenvalue weighted by Gasteiger charge is 2.44. The predicted molar refractivity (Wildman–Crippen MR) is 205 cm³/mol. The normalized spacial score (nSPS) is 16.6. The van der Waals surface area contributed by atoms with E-state index in [1.165, 1.54) is 27.9 Å². The maximum absolute atomic E-state index is 14.7. The van der Waals surface area contributed by atoms with Gasteiger partial charge in [0, 0.05) is 41.8 Å². The molecule has 0 N–H and O–H groups in total. The summed E-state index contributed by atoms with van der Waals surface area (Å²) in [6, 6.07) is 14.4. The fourth-order valence-corrected chi connectivity index (χ4v) is 8.31. The Balaban J connectivity index is 1.73. The number of carbonyl (C=O) groups is 1. The standard InChI is InChI=1S/C37H54FN3O8SSi2/c1-27-13-9-10-16-30(27)33(28-14-11-15-29(38)23-28)36(49-50(2,44)45)31-17-12-18-41(31)37(43)34-35(42)32(48-26-47-20-22-52(6,7)8)24-40(39-34)25-46-19-21-51(3,4)5/h9-11,13-16,23-24,31,33,36H,12,17-22,25-26H2,1-8H3/t31-,33+,36+/m1/s1. The minimum atomic E-state index is -4.09. The summed E-state index contributed by atoms with van der Waals surface area (Å²) in [7, 11) is -6.82. The third-order valence-corrected chi connectivity index (χ3v) is 12.9. The quantitative estimate of drug-likeness (QED) is 0.0618. The molecule has 0 aliphatic carbocycles. The predicted octanol–water partition coefficient (Wildman–Crippen LogP) is 6.48. The van der Waals surface area contributed by atoms with Crippen LogP contribution >= 0.6 is 0 Å². The average Bonchev–Trinajstić information content (AvgIpc) is 3.53. The first-order valence-corrected chi connectivity index (χ1v) is 27.0. The molecule has 3 aromatic rings. The molecule has 0 unspecified atom stereocenters. The zero-order valence-corrected chi connectivity index (χ0v) is 34.5. The Hall–Kier alpha value is -3.22. The molecule has 0 bridgehead atoms. The molecular weight excluding hydrogens is 722 g/mol. The zero-order chi connectivity index (χ0) is 38.3. The lowest BCUT2D eigenvalue weighted by Gasteiger charge is -2.36. The van der Waals surface area contributed by atoms with E-state index in [9.17, 15) is 22.4 Å². The highest BCUT2D eigenvalue weighted by molar-refractivity contribution is 7.86. The number of rotatable bonds is 18. The maximum Gasteiger partial charge on any atom is 0.278 e. The van der Waals surface area contributed by atoms with Crippen LogP contribution in [0.1, 0.15) is 45.9 Å². The molecule has 3 atom stereocenters. The molecule has 52 heavy (non-hydrogen) atoms. The highest BCUT2D eigenvalue weighted by atomic mass is 32.2. The molecule has 1 fully saturated rings. The Bertz CT molecular complexity index is 1850. The van der Waals surface area contributed by atoms with Crippen LogP contribution in [0.15, 0.2) is 59.5 Å². The van der Waals surface area contributed by atoms with Gasteiger partial charge < -0.3 is 19.1 Å². The number of hydrogen-bond acceptors (Lipinski definition) is 9. The maximum atomic E-state index is 14.7. The van der Waals surface area contributed by atoms with E-state index < -0.39 is 67.2 Å². The van der Waals surface area contributed by atoms with E-state index in [-0.39, 0.29) is 25.8 Å². The average molecular weight is 776 g/mol. The van der Waals surface area contributed by atoms with Crippen LogP contribution in [-0.4, -0.2) is 90.1 Å². The van der Waals surface area contributed by atoms with Gasteiger partial charge in [-0.1, -0.05) is 75.7 Å². The summed E-state index contributed by atoms with van der Waals surface area (Å²) in [5.41, 5.74) is 0.940. The first-order chi connectivity index (χ1) is 24.3. The lowest BCUT2D eigenvalue weighted by Crippen LogP contribution is -2.48. The Kier molecular flexibility index (Phi) is 14.2. The van der Waals surface area contributed by atoms with E-state index in [2.05, 4.69) is 44.4 Å². The number of amides is 1. The molecule has 1 aliphatic heterocycles. The van der Waals surface area contributed by atoms with Gasteiger partial charge in [-0.05, 0) is 60.7 Å². The largest absolute Gasteiger partial charge is 0.462 e. The van der Waals surface area contributed by atoms with Crippen molar-refractivity contribution in [3.8, 4) is 5.75 Å². The Labute approximate surface area is 309 Å². The number of nitrogens with zero attached hydrogens (tertiary/aromatic N) is 3. The van der Waals surface area contributed by atoms with Gasteiger partial charge in [-0.15, -0.1) is 0 Å². The highest BCUT2D eigenvalue weighted by Crippen LogP contribution is 2.39. The van der Waals surface area contributed by atoms with Crippen LogP contribution in [0.2, 0.25) is 51.4 Å². The smallest absolute Gasteiger partial charge is 0.278 e. The summed E-state index contributed by atoms with van der Waals surface area (Å²) in [5, 5.41) is 4.42. The summed E-state index contributed by atoms with van der Waals surface area (Å²) < 4.78 is 65.1. The zero-order valence-electron chi connectivity index (χ0n) is 31.7. The molecule has 1 aliphatic rings. The molecule has 1 aromatic heterocycles. The van der Waals surface area contributed by atoms with Crippen molar-refractivity contribution in [2.75, 3.05) is 32.8 Å². The van der Waals surface area contributed by atoms with E-state index in [0.29, 0.717) is 31.6 Å². The van der Waals surface area contributed by atoms with Crippen molar-refractivity contribution in [1.82, 2.24) is 14.7 Å². The SMILES string of the molecule is Cc1ccccc1[C@H](c1cccc(F)c1)[C@@H](OS(C)(=O)=O)[C@H]1CCCN1C(=O)c1nn(COCC[Si](C)(C)C)cc(OCOCC[Si](C)(C)C)c1=O. The van der Waals surface area contributed by atoms with Crippen molar-refractivity contribution in [3.63, 3.8) is 0 Å². The van der Waals surface area contributed by atoms with Crippen molar-refractivity contribution < 1.29 is 36.0 Å². The number of carbonyl (C=O) groups excluding carboxylic acids is 1. The molecule has 0 radical (unpaired) electrons. The van der Waals surface area contributed by atoms with Crippen molar-refractivity contribution in [2.45, 2.75) is 95.9 Å². The first kappa shape index (κ1) is 41.5. The summed E-state index contributed by atoms with van der Waals surface area (Å²) >= 11 is 0. The van der Waals surface area contributed by atoms with Gasteiger partial charge in [-0.3, -0.25) is 13.8 Å². The first-order valence-electron chi connectivity index (χ1n) is 17.7. The Morgan fingerprint density at radius 1 is 1.00 bits per heavy atom. The fraction of sp³-hybridized carbons (Fsp3) is 0.541. The topological polar surface area (TPSA) is 126 Å². The number of hydrogen-bond donors (Lipinski definition) is 0. The van der Waals surface area contributed by atoms with Gasteiger partial charge in [-0.25, -0.2) is 9.07 Å². The molecule has 11 nitrogen and oxygen atoms in total. The van der Waals surface area contributed by atoms with Crippen molar-refractivity contribution in [2.24, 2.45) is 0 Å². The van der Waals surface area contributed by atoms with E-state index in [4.69, 9.17) is 18.4 Å². The lowest BCUT2D eigenvalue weighted by atomic mass is 9.81. The molecule has 2 aromatic carbocycles. The van der Waals surface area contributed by atoms with Crippen LogP contribution in [0, 0.1) is 12.7 Å². The Morgan fingerprint density at radius 2 is 1.67 bits per heavy atom. The van der Waals surface area contributed by atoms with Gasteiger partial charge in [0.25, 0.3) is 21.5 Å². The minimum absolute atomic E-state index is 0.0178. The van der Waals surface area contributed by atoms with E-state index in [1.807, 2.05) is 31.2 Å². The molecular formula is C37H54FN3O8SSi2. The van der Waals surface area contributed by atoms with Gasteiger partial charge in [0.15, 0.2) is 18.2 Å². The van der Waals surface area contributed by atoms with Crippen LogP contribution in [0.5, 0.6) is 5.75 Å². The second-order valence-corrected chi connectivity index (χ2v) is 28.7. The third kappa shape index (κ3) is 12.2. The van der Waals surface area contributed by atoms with Crippen molar-refractivity contribution in [3.05, 3.63) is 93.2 Å². The van der Waals surface area contributed by atoms with Crippen LogP contribution in [0.4, 0.5) is 4.39 Å². The fourth-order valence-electron chi connectivity index (χ4n) is 6.15. The molecule has 15 heteroatoms. The second-order valence-electron chi connectivity index (χ2n) is 15.9. The van der Waals surface area contributed by atoms with Crippen LogP contribution in [-0.2, 0) is 30.5 Å². The number of aromatic nitrogens is 2. The van der Waals surface area contributed by atoms with Gasteiger partial charge >= 0.3 is 0 Å². The number of likely N-dealkylation sites (tertiary alicyclic amines) is 1. The second kappa shape index (κ2) is 17.7. The Morgan fingerprint density at radius 3 is 2.31 bits per heavy atom. The summed E-state index contributed by atoms with van der Waals surface area (Å²) in [5.74, 6) is -2.08. The monoisotopic (exact) mass is 775 g/mol. The molecule has 1 saturated heterocycles. The minimum Gasteiger partial charge on any atom is -0.462 e. The molecule has 286 valence electrons. The molecule has 0 spiro atoms. The number of aryl methyl sites for hydroxylation is 1. The van der Waals surface area contributed by atoms with Gasteiger partial charge in [-0.2, -0.15) is 13.5 Å². The summed E-state index contributed by atoms with van der Waals surface area (Å²) in [4.78, 5) is 29.8. The van der Waals surface area contributed by atoms with Gasteiger partial charge in [0.1, 0.15) is 18.7 Å². The van der Waals surface area contributed by atoms with Gasteiger partial charge in [0.05, 0.1) is 18.5 Å². The number of halogens is 1. The molecule has 2 heterocycles. The summed E-state index contributed by atoms with van der Waals surface area (Å²) in [6.45, 7) is 16.3. The van der Waals surface area contributed by atoms with Crippen LogP contribution in [0.25, 0.3) is 0 Å². The molecule has 1 amide bonds. The molecule has 4 rings (SSSR count).